The molecule has 2 amide bonds. The van der Waals surface area contributed by atoms with E-state index in [-0.39, 0.29) is 5.75 Å². The number of nitrogens with one attached hydrogen (secondary N) is 1. The van der Waals surface area contributed by atoms with E-state index in [9.17, 15) is 29.1 Å². The second-order valence-corrected chi connectivity index (χ2v) is 8.96. The number of carbonyl (C=O) groups excluding carboxylic acids is 2. The molecule has 2 aliphatic rings. The summed E-state index contributed by atoms with van der Waals surface area (Å²) in [6.45, 7) is 3.04. The smallest absolute Gasteiger partial charge is 0.332 e. The molecule has 0 spiro atoms. The minimum atomic E-state index is -1.66. The summed E-state index contributed by atoms with van der Waals surface area (Å²) in [6, 6.07) is 2.35. The second-order valence-electron chi connectivity index (χ2n) is 6.83. The third-order valence-electron chi connectivity index (χ3n) is 4.82. The van der Waals surface area contributed by atoms with Gasteiger partial charge in [-0.15, -0.1) is 0 Å². The highest BCUT2D eigenvalue weighted by Gasteiger charge is 2.72. The molecule has 1 unspecified atom stereocenters. The number of aromatic hydroxyl groups is 1. The summed E-state index contributed by atoms with van der Waals surface area (Å²) in [5.74, 6) is -2.45. The SMILES string of the molecule is CC1(C)[C@H](C(=O)O)N2C(=O)[C@@H](NC(=O)[C@H](N)c3ccc(O)cc3)[C@H]2[S+]1[O-]. The van der Waals surface area contributed by atoms with Crippen LogP contribution < -0.4 is 11.1 Å². The quantitative estimate of drug-likeness (QED) is 0.386. The number of fused-ring (bicyclic) bond motifs is 1. The van der Waals surface area contributed by atoms with Crippen LogP contribution in [-0.2, 0) is 25.6 Å². The first kappa shape index (κ1) is 18.5. The molecule has 26 heavy (non-hydrogen) atoms. The van der Waals surface area contributed by atoms with Crippen molar-refractivity contribution in [3.8, 4) is 5.75 Å². The Hall–Kier alpha value is -2.30. The van der Waals surface area contributed by atoms with E-state index < -0.39 is 57.2 Å². The van der Waals surface area contributed by atoms with E-state index in [4.69, 9.17) is 5.73 Å². The van der Waals surface area contributed by atoms with Crippen molar-refractivity contribution < 1.29 is 29.1 Å². The summed E-state index contributed by atoms with van der Waals surface area (Å²) in [5.41, 5.74) is 6.30. The lowest BCUT2D eigenvalue weighted by molar-refractivity contribution is -0.161. The third kappa shape index (κ3) is 2.61. The lowest BCUT2D eigenvalue weighted by Crippen LogP contribution is -2.72. The highest BCUT2D eigenvalue weighted by molar-refractivity contribution is 7.94. The number of nitrogens with zero attached hydrogens (tertiary/aromatic N) is 1. The van der Waals surface area contributed by atoms with Crippen molar-refractivity contribution in [2.24, 2.45) is 5.73 Å². The van der Waals surface area contributed by atoms with Gasteiger partial charge in [0.15, 0.2) is 16.8 Å². The fourth-order valence-corrected chi connectivity index (χ4v) is 5.29. The number of phenols is 1. The Labute approximate surface area is 152 Å². The van der Waals surface area contributed by atoms with Crippen molar-refractivity contribution in [1.82, 2.24) is 10.2 Å². The number of β-lactam (4-membered cyclic amide) rings is 1. The lowest BCUT2D eigenvalue weighted by Gasteiger charge is -2.41. The van der Waals surface area contributed by atoms with Crippen molar-refractivity contribution in [3.05, 3.63) is 29.8 Å². The zero-order valence-corrected chi connectivity index (χ0v) is 14.9. The van der Waals surface area contributed by atoms with Crippen LogP contribution in [-0.4, -0.2) is 59.7 Å². The second kappa shape index (κ2) is 6.15. The maximum atomic E-state index is 12.7. The highest BCUT2D eigenvalue weighted by atomic mass is 32.2. The number of hydrogen-bond acceptors (Lipinski definition) is 6. The highest BCUT2D eigenvalue weighted by Crippen LogP contribution is 2.45. The van der Waals surface area contributed by atoms with Gasteiger partial charge in [-0.2, -0.15) is 0 Å². The van der Waals surface area contributed by atoms with Crippen molar-refractivity contribution in [2.45, 2.75) is 42.1 Å². The average molecular weight is 381 g/mol. The van der Waals surface area contributed by atoms with Gasteiger partial charge in [-0.25, -0.2) is 4.79 Å². The van der Waals surface area contributed by atoms with Crippen LogP contribution in [0.25, 0.3) is 0 Å². The zero-order chi connectivity index (χ0) is 19.4. The summed E-state index contributed by atoms with van der Waals surface area (Å²) in [4.78, 5) is 37.3. The maximum absolute atomic E-state index is 12.7. The Bertz CT molecular complexity index is 768. The molecule has 0 bridgehead atoms. The van der Waals surface area contributed by atoms with Gasteiger partial charge in [0.2, 0.25) is 11.3 Å². The molecule has 0 aromatic heterocycles. The van der Waals surface area contributed by atoms with E-state index in [1.165, 1.54) is 38.1 Å². The standard InChI is InChI=1S/C16H19N3O6S/c1-16(2)11(15(23)24)19-13(22)10(14(19)26(16)25)18-12(21)9(17)7-3-5-8(20)6-4-7/h3-6,9-11,14,20H,17H2,1-2H3,(H,18,21)(H,23,24)/t9-,10-,11+,14-,26?/m1/s1. The van der Waals surface area contributed by atoms with E-state index in [1.54, 1.807) is 0 Å². The van der Waals surface area contributed by atoms with Crippen LogP contribution >= 0.6 is 0 Å². The number of phenolic OH excluding ortho intramolecular Hbond substituents is 1. The summed E-state index contributed by atoms with van der Waals surface area (Å²) in [7, 11) is 0. The van der Waals surface area contributed by atoms with Gasteiger partial charge in [0.05, 0.1) is 0 Å². The molecule has 0 radical (unpaired) electrons. The molecule has 10 heteroatoms. The Morgan fingerprint density at radius 1 is 1.35 bits per heavy atom. The van der Waals surface area contributed by atoms with E-state index in [0.717, 1.165) is 4.90 Å². The molecule has 0 aliphatic carbocycles. The van der Waals surface area contributed by atoms with Gasteiger partial charge in [-0.3, -0.25) is 14.5 Å². The first-order chi connectivity index (χ1) is 12.1. The van der Waals surface area contributed by atoms with Crippen LogP contribution in [0.15, 0.2) is 24.3 Å². The number of hydrogen-bond donors (Lipinski definition) is 4. The number of rotatable bonds is 4. The number of carboxylic acid groups (broad SMARTS) is 1. The van der Waals surface area contributed by atoms with Gasteiger partial charge in [-0.05, 0) is 42.7 Å². The van der Waals surface area contributed by atoms with E-state index in [1.807, 2.05) is 0 Å². The van der Waals surface area contributed by atoms with Crippen LogP contribution in [0.4, 0.5) is 0 Å². The minimum absolute atomic E-state index is 0.0227. The van der Waals surface area contributed by atoms with Crippen molar-refractivity contribution in [1.29, 1.82) is 0 Å². The molecule has 1 aromatic rings. The molecule has 0 saturated carbocycles. The number of aliphatic carboxylic acids is 1. The Morgan fingerprint density at radius 3 is 2.46 bits per heavy atom. The van der Waals surface area contributed by atoms with Crippen molar-refractivity contribution in [2.75, 3.05) is 0 Å². The summed E-state index contributed by atoms with van der Waals surface area (Å²) >= 11 is -1.66. The molecule has 2 fully saturated rings. The van der Waals surface area contributed by atoms with Gasteiger partial charge in [0, 0.05) is 0 Å². The van der Waals surface area contributed by atoms with Gasteiger partial charge >= 0.3 is 5.97 Å². The van der Waals surface area contributed by atoms with E-state index >= 15 is 0 Å². The average Bonchev–Trinajstić information content (AvgIpc) is 2.77. The predicted molar refractivity (Wildman–Crippen MR) is 91.2 cm³/mol. The normalized spacial score (nSPS) is 30.3. The molecule has 2 aliphatic heterocycles. The number of carboxylic acids is 1. The molecule has 2 saturated heterocycles. The molecule has 140 valence electrons. The van der Waals surface area contributed by atoms with E-state index in [2.05, 4.69) is 5.32 Å². The summed E-state index contributed by atoms with van der Waals surface area (Å²) in [6.07, 6.45) is 0. The van der Waals surface area contributed by atoms with Gasteiger partial charge in [0.25, 0.3) is 5.91 Å². The Balaban J connectivity index is 1.76. The van der Waals surface area contributed by atoms with Crippen LogP contribution in [0.1, 0.15) is 25.5 Å². The minimum Gasteiger partial charge on any atom is -0.614 e. The molecule has 5 N–H and O–H groups in total. The molecular formula is C16H19N3O6S. The molecular weight excluding hydrogens is 362 g/mol. The summed E-state index contributed by atoms with van der Waals surface area (Å²) < 4.78 is 11.5. The monoisotopic (exact) mass is 381 g/mol. The van der Waals surface area contributed by atoms with Crippen molar-refractivity contribution in [3.63, 3.8) is 0 Å². The first-order valence-electron chi connectivity index (χ1n) is 7.88. The summed E-state index contributed by atoms with van der Waals surface area (Å²) in [5, 5.41) is 20.2. The number of amides is 2. The molecule has 1 aromatic carbocycles. The lowest BCUT2D eigenvalue weighted by atomic mass is 9.95. The maximum Gasteiger partial charge on any atom is 0.332 e. The van der Waals surface area contributed by atoms with Crippen LogP contribution in [0.3, 0.4) is 0 Å². The van der Waals surface area contributed by atoms with Crippen LogP contribution in [0.5, 0.6) is 5.75 Å². The van der Waals surface area contributed by atoms with E-state index in [0.29, 0.717) is 5.56 Å². The topological polar surface area (TPSA) is 156 Å². The zero-order valence-electron chi connectivity index (χ0n) is 14.1. The number of benzene rings is 1. The van der Waals surface area contributed by atoms with Crippen LogP contribution in [0.2, 0.25) is 0 Å². The molecule has 2 heterocycles. The van der Waals surface area contributed by atoms with Gasteiger partial charge in [-0.1, -0.05) is 12.1 Å². The van der Waals surface area contributed by atoms with Gasteiger partial charge in [0.1, 0.15) is 11.8 Å². The van der Waals surface area contributed by atoms with Gasteiger partial charge < -0.3 is 25.8 Å². The number of nitrogens with two attached hydrogens (primary N) is 1. The van der Waals surface area contributed by atoms with Crippen molar-refractivity contribution >= 4 is 29.0 Å². The first-order valence-corrected chi connectivity index (χ1v) is 9.09. The fraction of sp³-hybridized carbons (Fsp3) is 0.438. The number of carbonyl (C=O) groups is 3. The third-order valence-corrected chi connectivity index (χ3v) is 7.02. The largest absolute Gasteiger partial charge is 0.614 e. The molecule has 5 atom stereocenters. The molecule has 9 nitrogen and oxygen atoms in total. The Morgan fingerprint density at radius 2 is 1.92 bits per heavy atom. The molecule has 3 rings (SSSR count). The Kier molecular flexibility index (Phi) is 4.37. The predicted octanol–water partition coefficient (Wildman–Crippen LogP) is -0.961. The van der Waals surface area contributed by atoms with Crippen LogP contribution in [0, 0.1) is 0 Å². The fourth-order valence-electron chi connectivity index (χ4n) is 3.37.